The Bertz CT molecular complexity index is 651. The molecule has 6 heteroatoms. The third-order valence-electron chi connectivity index (χ3n) is 3.35. The summed E-state index contributed by atoms with van der Waals surface area (Å²) >= 11 is 0. The van der Waals surface area contributed by atoms with Gasteiger partial charge in [0.2, 0.25) is 11.8 Å². The molecule has 0 saturated heterocycles. The number of carboxylic acid groups (broad SMARTS) is 1. The molecule has 6 nitrogen and oxygen atoms in total. The van der Waals surface area contributed by atoms with E-state index in [2.05, 4.69) is 10.2 Å². The third-order valence-corrected chi connectivity index (χ3v) is 3.35. The zero-order valence-corrected chi connectivity index (χ0v) is 12.6. The van der Waals surface area contributed by atoms with Crippen LogP contribution < -0.4 is 0 Å². The lowest BCUT2D eigenvalue weighted by Gasteiger charge is -2.25. The van der Waals surface area contributed by atoms with E-state index in [-0.39, 0.29) is 6.54 Å². The third kappa shape index (κ3) is 3.46. The van der Waals surface area contributed by atoms with Crippen LogP contribution in [0.25, 0.3) is 0 Å². The van der Waals surface area contributed by atoms with Crippen LogP contribution in [0.5, 0.6) is 0 Å². The molecule has 0 amide bonds. The van der Waals surface area contributed by atoms with Crippen molar-refractivity contribution >= 4 is 5.97 Å². The molecule has 0 radical (unpaired) electrons. The van der Waals surface area contributed by atoms with E-state index < -0.39 is 12.0 Å². The van der Waals surface area contributed by atoms with Gasteiger partial charge in [0.25, 0.3) is 0 Å². The molecule has 1 N–H and O–H groups in total. The largest absolute Gasteiger partial charge is 0.480 e. The van der Waals surface area contributed by atoms with Gasteiger partial charge in [0.15, 0.2) is 0 Å². The maximum absolute atomic E-state index is 11.7. The van der Waals surface area contributed by atoms with E-state index >= 15 is 0 Å². The van der Waals surface area contributed by atoms with Crippen molar-refractivity contribution in [3.8, 4) is 0 Å². The molecule has 1 heterocycles. The van der Waals surface area contributed by atoms with E-state index in [1.165, 1.54) is 0 Å². The molecule has 0 aliphatic heterocycles. The Hall–Kier alpha value is -2.21. The van der Waals surface area contributed by atoms with Crippen molar-refractivity contribution in [2.45, 2.75) is 33.4 Å². The van der Waals surface area contributed by atoms with Gasteiger partial charge in [-0.15, -0.1) is 10.2 Å². The van der Waals surface area contributed by atoms with Gasteiger partial charge in [-0.3, -0.25) is 9.69 Å². The van der Waals surface area contributed by atoms with E-state index in [1.807, 2.05) is 32.0 Å². The van der Waals surface area contributed by atoms with Gasteiger partial charge in [-0.2, -0.15) is 0 Å². The number of nitrogens with zero attached hydrogens (tertiary/aromatic N) is 3. The van der Waals surface area contributed by atoms with E-state index in [0.29, 0.717) is 11.8 Å². The topological polar surface area (TPSA) is 79.5 Å². The highest BCUT2D eigenvalue weighted by molar-refractivity contribution is 5.76. The van der Waals surface area contributed by atoms with Crippen molar-refractivity contribution in [3.05, 3.63) is 46.7 Å². The number of benzene rings is 1. The van der Waals surface area contributed by atoms with Gasteiger partial charge in [0.1, 0.15) is 6.04 Å². The molecule has 112 valence electrons. The summed E-state index contributed by atoms with van der Waals surface area (Å²) in [5.74, 6) is -0.0245. The number of rotatable bonds is 5. The number of hydrogen-bond acceptors (Lipinski definition) is 5. The predicted molar refractivity (Wildman–Crippen MR) is 76.8 cm³/mol. The summed E-state index contributed by atoms with van der Waals surface area (Å²) in [7, 11) is 1.73. The van der Waals surface area contributed by atoms with Crippen LogP contribution in [-0.4, -0.2) is 33.2 Å². The molecule has 0 fully saturated rings. The van der Waals surface area contributed by atoms with Gasteiger partial charge in [0.05, 0.1) is 6.54 Å². The van der Waals surface area contributed by atoms with Crippen LogP contribution >= 0.6 is 0 Å². The van der Waals surface area contributed by atoms with E-state index in [1.54, 1.807) is 18.9 Å². The first-order valence-electron chi connectivity index (χ1n) is 6.67. The first kappa shape index (κ1) is 15.2. The van der Waals surface area contributed by atoms with Crippen molar-refractivity contribution in [1.82, 2.24) is 15.1 Å². The first-order chi connectivity index (χ1) is 9.88. The van der Waals surface area contributed by atoms with Gasteiger partial charge in [-0.1, -0.05) is 23.8 Å². The minimum absolute atomic E-state index is 0.283. The number of aromatic nitrogens is 2. The Kier molecular flexibility index (Phi) is 4.37. The molecule has 1 aromatic heterocycles. The molecule has 0 bridgehead atoms. The average molecular weight is 289 g/mol. The molecule has 1 unspecified atom stereocenters. The fourth-order valence-corrected chi connectivity index (χ4v) is 2.40. The van der Waals surface area contributed by atoms with Crippen molar-refractivity contribution in [2.75, 3.05) is 7.05 Å². The lowest BCUT2D eigenvalue weighted by atomic mass is 9.98. The predicted octanol–water partition coefficient (Wildman–Crippen LogP) is 2.25. The van der Waals surface area contributed by atoms with Crippen LogP contribution in [0.1, 0.15) is 34.5 Å². The van der Waals surface area contributed by atoms with Crippen LogP contribution in [0.2, 0.25) is 0 Å². The summed E-state index contributed by atoms with van der Waals surface area (Å²) in [6.07, 6.45) is 0. The summed E-state index contributed by atoms with van der Waals surface area (Å²) in [6.45, 7) is 5.89. The molecule has 1 atom stereocenters. The van der Waals surface area contributed by atoms with Crippen LogP contribution in [0, 0.1) is 20.8 Å². The fraction of sp³-hybridized carbons (Fsp3) is 0.400. The van der Waals surface area contributed by atoms with Crippen molar-refractivity contribution < 1.29 is 14.3 Å². The summed E-state index contributed by atoms with van der Waals surface area (Å²) in [5.41, 5.74) is 2.83. The summed E-state index contributed by atoms with van der Waals surface area (Å²) in [4.78, 5) is 13.4. The number of aryl methyl sites for hydroxylation is 3. The first-order valence-corrected chi connectivity index (χ1v) is 6.67. The lowest BCUT2D eigenvalue weighted by Crippen LogP contribution is -2.31. The average Bonchev–Trinajstić information content (AvgIpc) is 2.77. The standard InChI is InChI=1S/C15H19N3O3/c1-9-5-6-12(10(2)7-9)14(15(19)20)18(4)8-13-17-16-11(3)21-13/h5-7,14H,8H2,1-4H3,(H,19,20). The fourth-order valence-electron chi connectivity index (χ4n) is 2.40. The smallest absolute Gasteiger partial charge is 0.325 e. The highest BCUT2D eigenvalue weighted by Gasteiger charge is 2.27. The van der Waals surface area contributed by atoms with Gasteiger partial charge >= 0.3 is 5.97 Å². The highest BCUT2D eigenvalue weighted by Crippen LogP contribution is 2.25. The Morgan fingerprint density at radius 3 is 2.57 bits per heavy atom. The lowest BCUT2D eigenvalue weighted by molar-refractivity contribution is -0.143. The van der Waals surface area contributed by atoms with Crippen LogP contribution in [0.15, 0.2) is 22.6 Å². The van der Waals surface area contributed by atoms with E-state index in [4.69, 9.17) is 4.42 Å². The maximum atomic E-state index is 11.7. The van der Waals surface area contributed by atoms with Gasteiger partial charge < -0.3 is 9.52 Å². The second kappa shape index (κ2) is 6.05. The normalized spacial score (nSPS) is 12.6. The van der Waals surface area contributed by atoms with Crippen LogP contribution in [0.4, 0.5) is 0 Å². The Morgan fingerprint density at radius 2 is 2.05 bits per heavy atom. The van der Waals surface area contributed by atoms with Gasteiger partial charge in [0, 0.05) is 6.92 Å². The van der Waals surface area contributed by atoms with Gasteiger partial charge in [-0.25, -0.2) is 0 Å². The quantitative estimate of drug-likeness (QED) is 0.909. The Labute approximate surface area is 123 Å². The highest BCUT2D eigenvalue weighted by atomic mass is 16.4. The van der Waals surface area contributed by atoms with E-state index in [9.17, 15) is 9.90 Å². The number of carbonyl (C=O) groups is 1. The molecular weight excluding hydrogens is 270 g/mol. The zero-order valence-electron chi connectivity index (χ0n) is 12.6. The minimum atomic E-state index is -0.902. The number of carboxylic acids is 1. The molecule has 21 heavy (non-hydrogen) atoms. The molecule has 0 aliphatic carbocycles. The molecule has 2 rings (SSSR count). The Balaban J connectivity index is 2.27. The monoisotopic (exact) mass is 289 g/mol. The molecule has 0 aliphatic rings. The number of hydrogen-bond donors (Lipinski definition) is 1. The summed E-state index contributed by atoms with van der Waals surface area (Å²) in [6, 6.07) is 5.01. The van der Waals surface area contributed by atoms with Crippen molar-refractivity contribution in [1.29, 1.82) is 0 Å². The Morgan fingerprint density at radius 1 is 1.33 bits per heavy atom. The molecule has 2 aromatic rings. The number of aliphatic carboxylic acids is 1. The molecule has 0 saturated carbocycles. The van der Waals surface area contributed by atoms with Crippen LogP contribution in [0.3, 0.4) is 0 Å². The second-order valence-corrected chi connectivity index (χ2v) is 5.23. The maximum Gasteiger partial charge on any atom is 0.325 e. The number of likely N-dealkylation sites (N-methyl/N-ethyl adjacent to an activating group) is 1. The zero-order chi connectivity index (χ0) is 15.6. The summed E-state index contributed by atoms with van der Waals surface area (Å²) in [5, 5.41) is 17.2. The molecular formula is C15H19N3O3. The second-order valence-electron chi connectivity index (χ2n) is 5.23. The van der Waals surface area contributed by atoms with Crippen molar-refractivity contribution in [3.63, 3.8) is 0 Å². The summed E-state index contributed by atoms with van der Waals surface area (Å²) < 4.78 is 5.31. The molecule has 0 spiro atoms. The molecule has 1 aromatic carbocycles. The van der Waals surface area contributed by atoms with Crippen LogP contribution in [-0.2, 0) is 11.3 Å². The SMILES string of the molecule is Cc1ccc(C(C(=O)O)N(C)Cc2nnc(C)o2)c(C)c1. The van der Waals surface area contributed by atoms with Crippen molar-refractivity contribution in [2.24, 2.45) is 0 Å². The van der Waals surface area contributed by atoms with Gasteiger partial charge in [-0.05, 0) is 32.0 Å². The van der Waals surface area contributed by atoms with E-state index in [0.717, 1.165) is 16.7 Å². The minimum Gasteiger partial charge on any atom is -0.480 e.